The van der Waals surface area contributed by atoms with Crippen molar-refractivity contribution in [1.29, 1.82) is 0 Å². The third-order valence-electron chi connectivity index (χ3n) is 3.23. The molecule has 3 rings (SSSR count). The zero-order valence-electron chi connectivity index (χ0n) is 12.8. The first-order valence-corrected chi connectivity index (χ1v) is 9.00. The number of nitrogens with zero attached hydrogens (tertiary/aromatic N) is 2. The first-order valence-electron chi connectivity index (χ1n) is 7.19. The van der Waals surface area contributed by atoms with Crippen LogP contribution < -0.4 is 5.32 Å². The predicted molar refractivity (Wildman–Crippen MR) is 95.0 cm³/mol. The van der Waals surface area contributed by atoms with E-state index in [1.807, 2.05) is 6.92 Å². The largest absolute Gasteiger partial charge is 0.296 e. The lowest BCUT2D eigenvalue weighted by Crippen LogP contribution is -2.13. The number of aryl methyl sites for hydroxylation is 1. The number of rotatable bonds is 5. The van der Waals surface area contributed by atoms with Crippen molar-refractivity contribution in [2.45, 2.75) is 17.0 Å². The summed E-state index contributed by atoms with van der Waals surface area (Å²) in [7, 11) is 0. The summed E-state index contributed by atoms with van der Waals surface area (Å²) in [6.45, 7) is 2.05. The Bertz CT molecular complexity index is 849. The first kappa shape index (κ1) is 16.6. The van der Waals surface area contributed by atoms with Crippen LogP contribution in [0.5, 0.6) is 0 Å². The minimum Gasteiger partial charge on any atom is -0.296 e. The van der Waals surface area contributed by atoms with E-state index >= 15 is 0 Å². The molecule has 0 aliphatic carbocycles. The Labute approximate surface area is 147 Å². The molecule has 24 heavy (non-hydrogen) atoms. The van der Waals surface area contributed by atoms with E-state index in [2.05, 4.69) is 39.8 Å². The van der Waals surface area contributed by atoms with Gasteiger partial charge in [-0.25, -0.2) is 4.39 Å². The summed E-state index contributed by atoms with van der Waals surface area (Å²) >= 11 is 2.82. The molecule has 0 spiro atoms. The van der Waals surface area contributed by atoms with Crippen molar-refractivity contribution in [2.75, 3.05) is 5.32 Å². The number of thioether (sulfide) groups is 1. The van der Waals surface area contributed by atoms with Crippen molar-refractivity contribution >= 4 is 34.1 Å². The number of hydrogen-bond donors (Lipinski definition) is 1. The van der Waals surface area contributed by atoms with E-state index in [4.69, 9.17) is 0 Å². The third kappa shape index (κ3) is 4.18. The molecular formula is C17H14FN3OS2. The highest BCUT2D eigenvalue weighted by molar-refractivity contribution is 8.00. The van der Waals surface area contributed by atoms with Crippen LogP contribution in [-0.2, 0) is 5.75 Å². The van der Waals surface area contributed by atoms with Gasteiger partial charge in [0, 0.05) is 5.75 Å². The minimum absolute atomic E-state index is 0.0124. The lowest BCUT2D eigenvalue weighted by atomic mass is 10.2. The molecule has 0 atom stereocenters. The van der Waals surface area contributed by atoms with E-state index in [1.54, 1.807) is 17.8 Å². The molecule has 1 amide bonds. The SMILES string of the molecule is Cc1ccc(CSc2nnc(NC(=O)c3ccccc3F)s2)cc1. The zero-order chi connectivity index (χ0) is 16.9. The van der Waals surface area contributed by atoms with Gasteiger partial charge in [0.25, 0.3) is 5.91 Å². The number of carbonyl (C=O) groups is 1. The van der Waals surface area contributed by atoms with E-state index in [9.17, 15) is 9.18 Å². The molecule has 122 valence electrons. The van der Waals surface area contributed by atoms with E-state index < -0.39 is 11.7 Å². The van der Waals surface area contributed by atoms with Crippen LogP contribution in [-0.4, -0.2) is 16.1 Å². The smallest absolute Gasteiger partial charge is 0.260 e. The average molecular weight is 359 g/mol. The topological polar surface area (TPSA) is 54.9 Å². The summed E-state index contributed by atoms with van der Waals surface area (Å²) in [5, 5.41) is 10.9. The van der Waals surface area contributed by atoms with Gasteiger partial charge in [-0.05, 0) is 24.6 Å². The molecule has 0 bridgehead atoms. The van der Waals surface area contributed by atoms with Crippen molar-refractivity contribution < 1.29 is 9.18 Å². The number of aromatic nitrogens is 2. The molecule has 3 aromatic rings. The number of anilines is 1. The molecule has 7 heteroatoms. The van der Waals surface area contributed by atoms with Crippen molar-refractivity contribution in [3.8, 4) is 0 Å². The maximum Gasteiger partial charge on any atom is 0.260 e. The van der Waals surface area contributed by atoms with Crippen molar-refractivity contribution in [3.63, 3.8) is 0 Å². The van der Waals surface area contributed by atoms with Crippen LogP contribution in [0.4, 0.5) is 9.52 Å². The van der Waals surface area contributed by atoms with Crippen molar-refractivity contribution in [1.82, 2.24) is 10.2 Å². The summed E-state index contributed by atoms with van der Waals surface area (Å²) < 4.78 is 14.3. The molecule has 0 radical (unpaired) electrons. The summed E-state index contributed by atoms with van der Waals surface area (Å²) in [5.74, 6) is -0.316. The minimum atomic E-state index is -0.562. The number of benzene rings is 2. The normalized spacial score (nSPS) is 10.6. The Morgan fingerprint density at radius 1 is 1.17 bits per heavy atom. The second-order valence-electron chi connectivity index (χ2n) is 5.08. The third-order valence-corrected chi connectivity index (χ3v) is 5.27. The summed E-state index contributed by atoms with van der Waals surface area (Å²) in [6, 6.07) is 14.1. The summed E-state index contributed by atoms with van der Waals surface area (Å²) in [4.78, 5) is 12.0. The average Bonchev–Trinajstić information content (AvgIpc) is 3.02. The van der Waals surface area contributed by atoms with E-state index in [-0.39, 0.29) is 5.56 Å². The highest BCUT2D eigenvalue weighted by Gasteiger charge is 2.13. The molecule has 1 N–H and O–H groups in total. The van der Waals surface area contributed by atoms with Gasteiger partial charge in [-0.3, -0.25) is 10.1 Å². The second kappa shape index (κ2) is 7.55. The quantitative estimate of drug-likeness (QED) is 0.537. The van der Waals surface area contributed by atoms with Gasteiger partial charge in [0.2, 0.25) is 5.13 Å². The van der Waals surface area contributed by atoms with Crippen LogP contribution in [0, 0.1) is 12.7 Å². The van der Waals surface area contributed by atoms with Gasteiger partial charge < -0.3 is 0 Å². The number of nitrogens with one attached hydrogen (secondary N) is 1. The molecule has 0 saturated carbocycles. The Hall–Kier alpha value is -2.25. The van der Waals surface area contributed by atoms with Crippen LogP contribution in [0.25, 0.3) is 0 Å². The van der Waals surface area contributed by atoms with E-state index in [1.165, 1.54) is 40.7 Å². The standard InChI is InChI=1S/C17H14FN3OS2/c1-11-6-8-12(9-7-11)10-23-17-21-20-16(24-17)19-15(22)13-4-2-3-5-14(13)18/h2-9H,10H2,1H3,(H,19,20,22). The molecule has 0 aliphatic heterocycles. The van der Waals surface area contributed by atoms with Crippen molar-refractivity contribution in [3.05, 3.63) is 71.0 Å². The van der Waals surface area contributed by atoms with Crippen LogP contribution in [0.2, 0.25) is 0 Å². The second-order valence-corrected chi connectivity index (χ2v) is 7.28. The number of hydrogen-bond acceptors (Lipinski definition) is 5. The van der Waals surface area contributed by atoms with Crippen LogP contribution in [0.3, 0.4) is 0 Å². The molecule has 1 heterocycles. The Kier molecular flexibility index (Phi) is 5.22. The molecule has 0 aliphatic rings. The van der Waals surface area contributed by atoms with Gasteiger partial charge in [0.15, 0.2) is 4.34 Å². The molecule has 0 unspecified atom stereocenters. The Morgan fingerprint density at radius 2 is 1.92 bits per heavy atom. The molecule has 2 aromatic carbocycles. The monoisotopic (exact) mass is 359 g/mol. The predicted octanol–water partition coefficient (Wildman–Crippen LogP) is 4.53. The van der Waals surface area contributed by atoms with E-state index in [0.717, 1.165) is 10.1 Å². The highest BCUT2D eigenvalue weighted by Crippen LogP contribution is 2.28. The van der Waals surface area contributed by atoms with Crippen LogP contribution >= 0.6 is 23.1 Å². The van der Waals surface area contributed by atoms with Gasteiger partial charge in [0.05, 0.1) is 5.56 Å². The van der Waals surface area contributed by atoms with Crippen LogP contribution in [0.1, 0.15) is 21.5 Å². The molecule has 4 nitrogen and oxygen atoms in total. The summed E-state index contributed by atoms with van der Waals surface area (Å²) in [6.07, 6.45) is 0. The van der Waals surface area contributed by atoms with Gasteiger partial charge in [-0.2, -0.15) is 0 Å². The zero-order valence-corrected chi connectivity index (χ0v) is 14.5. The summed E-state index contributed by atoms with van der Waals surface area (Å²) in [5.41, 5.74) is 2.40. The number of halogens is 1. The Balaban J connectivity index is 1.60. The molecule has 1 aromatic heterocycles. The van der Waals surface area contributed by atoms with Gasteiger partial charge in [-0.15, -0.1) is 10.2 Å². The lowest BCUT2D eigenvalue weighted by molar-refractivity contribution is 0.102. The first-order chi connectivity index (χ1) is 11.6. The highest BCUT2D eigenvalue weighted by atomic mass is 32.2. The van der Waals surface area contributed by atoms with E-state index in [0.29, 0.717) is 5.13 Å². The number of carbonyl (C=O) groups excluding carboxylic acids is 1. The lowest BCUT2D eigenvalue weighted by Gasteiger charge is -2.01. The maximum atomic E-state index is 13.6. The Morgan fingerprint density at radius 3 is 2.67 bits per heavy atom. The fourth-order valence-corrected chi connectivity index (χ4v) is 3.66. The molecular weight excluding hydrogens is 345 g/mol. The fraction of sp³-hybridized carbons (Fsp3) is 0.118. The van der Waals surface area contributed by atoms with Crippen LogP contribution in [0.15, 0.2) is 52.9 Å². The van der Waals surface area contributed by atoms with Gasteiger partial charge >= 0.3 is 0 Å². The molecule has 0 saturated heterocycles. The maximum absolute atomic E-state index is 13.6. The van der Waals surface area contributed by atoms with Gasteiger partial charge in [-0.1, -0.05) is 65.1 Å². The van der Waals surface area contributed by atoms with Gasteiger partial charge in [0.1, 0.15) is 5.82 Å². The number of amides is 1. The molecule has 0 fully saturated rings. The van der Waals surface area contributed by atoms with Crippen molar-refractivity contribution in [2.24, 2.45) is 0 Å². The fourth-order valence-electron chi connectivity index (χ4n) is 1.96.